The van der Waals surface area contributed by atoms with E-state index in [0.717, 1.165) is 27.8 Å². The highest BCUT2D eigenvalue weighted by Gasteiger charge is 2.34. The number of hydrogen-bond donors (Lipinski definition) is 1. The number of carbonyl (C=O) groups is 1. The summed E-state index contributed by atoms with van der Waals surface area (Å²) in [5.41, 5.74) is 10.3. The summed E-state index contributed by atoms with van der Waals surface area (Å²) < 4.78 is 23.8. The Morgan fingerprint density at radius 2 is 1.59 bits per heavy atom. The molecule has 4 rings (SSSR count). The average Bonchev–Trinajstić information content (AvgIpc) is 2.86. The fourth-order valence-electron chi connectivity index (χ4n) is 4.02. The van der Waals surface area contributed by atoms with Gasteiger partial charge in [0.15, 0.2) is 9.84 Å². The number of nitrogens with two attached hydrogens (primary N) is 1. The zero-order chi connectivity index (χ0) is 23.1. The minimum atomic E-state index is -3.29. The van der Waals surface area contributed by atoms with E-state index in [2.05, 4.69) is 5.10 Å². The lowest BCUT2D eigenvalue weighted by molar-refractivity contribution is 0.147. The van der Waals surface area contributed by atoms with Gasteiger partial charge in [-0.15, -0.1) is 0 Å². The molecule has 0 unspecified atom stereocenters. The number of hydrogen-bond acceptors (Lipinski definition) is 4. The lowest BCUT2D eigenvalue weighted by Gasteiger charge is -2.32. The molecule has 0 bridgehead atoms. The molecule has 0 aromatic heterocycles. The van der Waals surface area contributed by atoms with Crippen molar-refractivity contribution in [2.75, 3.05) is 6.26 Å². The van der Waals surface area contributed by atoms with Crippen molar-refractivity contribution in [2.45, 2.75) is 30.7 Å². The topological polar surface area (TPSA) is 92.8 Å². The van der Waals surface area contributed by atoms with Crippen LogP contribution < -0.4 is 5.73 Å². The van der Waals surface area contributed by atoms with E-state index >= 15 is 0 Å². The van der Waals surface area contributed by atoms with Crippen LogP contribution in [0.2, 0.25) is 0 Å². The minimum absolute atomic E-state index is 0.278. The largest absolute Gasteiger partial charge is 0.350 e. The third-order valence-electron chi connectivity index (χ3n) is 5.63. The highest BCUT2D eigenvalue weighted by Crippen LogP contribution is 2.30. The molecule has 0 saturated carbocycles. The normalized spacial score (nSPS) is 15.5. The van der Waals surface area contributed by atoms with Gasteiger partial charge in [0.1, 0.15) is 0 Å². The van der Waals surface area contributed by atoms with E-state index in [1.54, 1.807) is 18.2 Å². The molecule has 0 fully saturated rings. The van der Waals surface area contributed by atoms with Gasteiger partial charge >= 0.3 is 6.03 Å². The second-order valence-electron chi connectivity index (χ2n) is 8.62. The summed E-state index contributed by atoms with van der Waals surface area (Å²) in [5, 5.41) is 6.04. The Balaban J connectivity index is 1.80. The van der Waals surface area contributed by atoms with Gasteiger partial charge in [-0.2, -0.15) is 5.10 Å². The Kier molecular flexibility index (Phi) is 5.38. The van der Waals surface area contributed by atoms with Crippen LogP contribution in [0.4, 0.5) is 4.79 Å². The van der Waals surface area contributed by atoms with Crippen molar-refractivity contribution in [3.63, 3.8) is 0 Å². The van der Waals surface area contributed by atoms with E-state index in [1.807, 2.05) is 68.4 Å². The molecule has 0 spiro atoms. The number of sulfone groups is 1. The quantitative estimate of drug-likeness (QED) is 0.651. The van der Waals surface area contributed by atoms with Gasteiger partial charge in [-0.05, 0) is 49.1 Å². The molecule has 0 atom stereocenters. The summed E-state index contributed by atoms with van der Waals surface area (Å²) in [6, 6.07) is 21.9. The Bertz CT molecular complexity index is 1330. The summed E-state index contributed by atoms with van der Waals surface area (Å²) in [4.78, 5) is 12.5. The van der Waals surface area contributed by atoms with Crippen LogP contribution in [0.25, 0.3) is 11.1 Å². The van der Waals surface area contributed by atoms with Crippen LogP contribution in [0, 0.1) is 0 Å². The number of rotatable bonds is 3. The maximum Gasteiger partial charge on any atom is 0.335 e. The molecule has 0 aliphatic carbocycles. The fraction of sp³-hybridized carbons (Fsp3) is 0.200. The van der Waals surface area contributed by atoms with Crippen molar-refractivity contribution in [1.29, 1.82) is 0 Å². The SMILES string of the molecule is CC1(C)Cc2ccccc2C(c2ccc(-c3cccc(S(C)(=O)=O)c3)cc2)=NN1C(N)=O. The van der Waals surface area contributed by atoms with Crippen molar-refractivity contribution in [1.82, 2.24) is 5.01 Å². The molecule has 1 heterocycles. The lowest BCUT2D eigenvalue weighted by Crippen LogP contribution is -2.48. The van der Waals surface area contributed by atoms with Crippen LogP contribution in [-0.4, -0.2) is 37.0 Å². The molecule has 0 radical (unpaired) electrons. The summed E-state index contributed by atoms with van der Waals surface area (Å²) in [6.45, 7) is 3.89. The molecule has 2 amide bonds. The third kappa shape index (κ3) is 4.16. The zero-order valence-electron chi connectivity index (χ0n) is 18.2. The highest BCUT2D eigenvalue weighted by molar-refractivity contribution is 7.90. The van der Waals surface area contributed by atoms with Gasteiger partial charge < -0.3 is 5.73 Å². The number of fused-ring (bicyclic) bond motifs is 1. The number of amides is 2. The number of nitrogens with zero attached hydrogens (tertiary/aromatic N) is 2. The predicted octanol–water partition coefficient (Wildman–Crippen LogP) is 4.22. The first-order valence-corrected chi connectivity index (χ1v) is 12.1. The molecule has 1 aliphatic rings. The van der Waals surface area contributed by atoms with E-state index in [-0.39, 0.29) is 4.90 Å². The number of urea groups is 1. The van der Waals surface area contributed by atoms with Crippen molar-refractivity contribution in [3.8, 4) is 11.1 Å². The maximum atomic E-state index is 12.2. The van der Waals surface area contributed by atoms with Gasteiger partial charge in [0.05, 0.1) is 16.1 Å². The molecule has 3 aromatic rings. The van der Waals surface area contributed by atoms with Crippen molar-refractivity contribution in [2.24, 2.45) is 10.8 Å². The molecular weight excluding hydrogens is 422 g/mol. The Labute approximate surface area is 188 Å². The summed E-state index contributed by atoms with van der Waals surface area (Å²) in [6.07, 6.45) is 1.82. The first-order valence-electron chi connectivity index (χ1n) is 10.2. The molecule has 6 nitrogen and oxygen atoms in total. The minimum Gasteiger partial charge on any atom is -0.350 e. The predicted molar refractivity (Wildman–Crippen MR) is 126 cm³/mol. The van der Waals surface area contributed by atoms with Crippen molar-refractivity contribution in [3.05, 3.63) is 89.5 Å². The van der Waals surface area contributed by atoms with Gasteiger partial charge in [-0.3, -0.25) is 0 Å². The number of carbonyl (C=O) groups excluding carboxylic acids is 1. The van der Waals surface area contributed by atoms with Gasteiger partial charge in [0, 0.05) is 17.4 Å². The van der Waals surface area contributed by atoms with E-state index in [0.29, 0.717) is 12.1 Å². The van der Waals surface area contributed by atoms with E-state index in [1.165, 1.54) is 11.3 Å². The van der Waals surface area contributed by atoms with Gasteiger partial charge in [-0.25, -0.2) is 18.2 Å². The molecule has 3 aromatic carbocycles. The van der Waals surface area contributed by atoms with Crippen LogP contribution in [0.1, 0.15) is 30.5 Å². The Hall–Kier alpha value is -3.45. The lowest BCUT2D eigenvalue weighted by atomic mass is 9.89. The highest BCUT2D eigenvalue weighted by atomic mass is 32.2. The molecule has 164 valence electrons. The smallest absolute Gasteiger partial charge is 0.335 e. The third-order valence-corrected chi connectivity index (χ3v) is 6.74. The standard InChI is InChI=1S/C25H25N3O3S/c1-25(2)16-20-7-4-5-10-22(20)23(27-28(25)24(26)29)18-13-11-17(12-14-18)19-8-6-9-21(15-19)32(3,30)31/h4-15H,16H2,1-3H3,(H2,26,29). The van der Waals surface area contributed by atoms with Crippen molar-refractivity contribution < 1.29 is 13.2 Å². The van der Waals surface area contributed by atoms with Crippen LogP contribution in [-0.2, 0) is 16.3 Å². The maximum absolute atomic E-state index is 12.2. The molecule has 1 aliphatic heterocycles. The van der Waals surface area contributed by atoms with E-state index < -0.39 is 21.4 Å². The van der Waals surface area contributed by atoms with Crippen LogP contribution in [0.5, 0.6) is 0 Å². The summed E-state index contributed by atoms with van der Waals surface area (Å²) >= 11 is 0. The number of hydrazone groups is 1. The van der Waals surface area contributed by atoms with Gasteiger partial charge in [0.2, 0.25) is 0 Å². The van der Waals surface area contributed by atoms with E-state index in [4.69, 9.17) is 5.73 Å². The van der Waals surface area contributed by atoms with E-state index in [9.17, 15) is 13.2 Å². The first kappa shape index (κ1) is 21.8. The molecule has 2 N–H and O–H groups in total. The number of primary amides is 1. The van der Waals surface area contributed by atoms with Crippen LogP contribution >= 0.6 is 0 Å². The summed E-state index contributed by atoms with van der Waals surface area (Å²) in [7, 11) is -3.29. The Morgan fingerprint density at radius 1 is 0.938 bits per heavy atom. The molecule has 32 heavy (non-hydrogen) atoms. The molecule has 0 saturated heterocycles. The first-order chi connectivity index (χ1) is 15.1. The molecular formula is C25H25N3O3S. The second-order valence-corrected chi connectivity index (χ2v) is 10.6. The molecule has 7 heteroatoms. The van der Waals surface area contributed by atoms with Crippen molar-refractivity contribution >= 4 is 21.6 Å². The van der Waals surface area contributed by atoms with Gasteiger partial charge in [0.25, 0.3) is 0 Å². The monoisotopic (exact) mass is 447 g/mol. The number of benzene rings is 3. The van der Waals surface area contributed by atoms with Gasteiger partial charge in [-0.1, -0.05) is 60.7 Å². The summed E-state index contributed by atoms with van der Waals surface area (Å²) in [5.74, 6) is 0. The van der Waals surface area contributed by atoms with Crippen LogP contribution in [0.3, 0.4) is 0 Å². The average molecular weight is 448 g/mol. The second kappa shape index (κ2) is 7.91. The fourth-order valence-corrected chi connectivity index (χ4v) is 4.69. The Morgan fingerprint density at radius 3 is 2.25 bits per heavy atom. The van der Waals surface area contributed by atoms with Crippen LogP contribution in [0.15, 0.2) is 82.8 Å². The zero-order valence-corrected chi connectivity index (χ0v) is 19.1.